The Morgan fingerprint density at radius 1 is 0.224 bits per heavy atom. The lowest BCUT2D eigenvalue weighted by molar-refractivity contribution is -0.780. The van der Waals surface area contributed by atoms with E-state index >= 15 is 0 Å². The average Bonchev–Trinajstić information content (AvgIpc) is 3.42. The Morgan fingerprint density at radius 2 is 0.382 bits per heavy atom. The Kier molecular flexibility index (Phi) is 67.6. The molecule has 4 heteroatoms. The van der Waals surface area contributed by atoms with E-state index in [2.05, 4.69) is 52.0 Å². The van der Waals surface area contributed by atoms with Crippen LogP contribution in [0.4, 0.5) is 0 Å². The van der Waals surface area contributed by atoms with Crippen LogP contribution in [0.5, 0.6) is 0 Å². The molecule has 452 valence electrons. The maximum atomic E-state index is 14.7. The van der Waals surface area contributed by atoms with Crippen LogP contribution in [0.15, 0.2) is 24.3 Å². The van der Waals surface area contributed by atoms with Gasteiger partial charge in [-0.3, -0.25) is 0 Å². The molecule has 0 N–H and O–H groups in total. The minimum atomic E-state index is 0. The molecule has 0 rings (SSSR count). The molecule has 0 saturated heterocycles. The number of carbonyl (C=O) groups excluding carboxylic acids is 2. The van der Waals surface area contributed by atoms with Crippen LogP contribution in [0.25, 0.3) is 0 Å². The molecule has 76 heavy (non-hydrogen) atoms. The van der Waals surface area contributed by atoms with Crippen molar-refractivity contribution in [2.45, 2.75) is 413 Å². The van der Waals surface area contributed by atoms with Gasteiger partial charge in [-0.25, -0.2) is 9.59 Å². The first-order chi connectivity index (χ1) is 37.1. The molecular formula is C72H140ClNO2. The minimum absolute atomic E-state index is 0. The van der Waals surface area contributed by atoms with Crippen molar-refractivity contribution in [1.29, 1.82) is 0 Å². The Labute approximate surface area is 486 Å². The fourth-order valence-corrected chi connectivity index (χ4v) is 11.7. The molecule has 0 aliphatic rings. The number of nitrogens with zero attached hydrogens (tertiary/aromatic N) is 1. The van der Waals surface area contributed by atoms with E-state index in [1.54, 1.807) is 0 Å². The Balaban J connectivity index is 0. The number of rotatable bonds is 64. The van der Waals surface area contributed by atoms with Crippen LogP contribution in [-0.4, -0.2) is 29.4 Å². The second-order valence-corrected chi connectivity index (χ2v) is 24.5. The molecule has 0 aliphatic carbocycles. The van der Waals surface area contributed by atoms with E-state index in [-0.39, 0.29) is 28.7 Å². The highest BCUT2D eigenvalue weighted by molar-refractivity contribution is 5.84. The largest absolute Gasteiger partial charge is 1.00 e. The number of allylic oxidation sites excluding steroid dienone is 4. The lowest BCUT2D eigenvalue weighted by Gasteiger charge is -2.34. The zero-order chi connectivity index (χ0) is 54.3. The van der Waals surface area contributed by atoms with Gasteiger partial charge in [0.1, 0.15) is 0 Å². The third kappa shape index (κ3) is 55.0. The molecule has 0 atom stereocenters. The van der Waals surface area contributed by atoms with Gasteiger partial charge < -0.3 is 12.4 Å². The van der Waals surface area contributed by atoms with Crippen LogP contribution in [-0.2, 0) is 9.59 Å². The molecule has 0 radical (unpaired) electrons. The van der Waals surface area contributed by atoms with Gasteiger partial charge in [0.05, 0.1) is 25.9 Å². The molecule has 0 aromatic heterocycles. The van der Waals surface area contributed by atoms with E-state index in [9.17, 15) is 9.59 Å². The fourth-order valence-electron chi connectivity index (χ4n) is 11.7. The van der Waals surface area contributed by atoms with Gasteiger partial charge in [-0.1, -0.05) is 335 Å². The maximum Gasteiger partial charge on any atom is 0.321 e. The van der Waals surface area contributed by atoms with Gasteiger partial charge in [0.15, 0.2) is 0 Å². The zero-order valence-electron chi connectivity index (χ0n) is 52.8. The van der Waals surface area contributed by atoms with Crippen molar-refractivity contribution in [3.63, 3.8) is 0 Å². The molecule has 2 amide bonds. The first-order valence-electron chi connectivity index (χ1n) is 35.3. The highest BCUT2D eigenvalue weighted by Gasteiger charge is 2.42. The summed E-state index contributed by atoms with van der Waals surface area (Å²) in [5.74, 6) is 0.541. The summed E-state index contributed by atoms with van der Waals surface area (Å²) in [6, 6.07) is 0. The van der Waals surface area contributed by atoms with Crippen molar-refractivity contribution in [2.75, 3.05) is 13.1 Å². The number of imide groups is 1. The van der Waals surface area contributed by atoms with Crippen molar-refractivity contribution in [3.05, 3.63) is 24.3 Å². The van der Waals surface area contributed by atoms with Crippen LogP contribution in [0, 0.1) is 0 Å². The molecular weight excluding hydrogens is 946 g/mol. The number of hydrogen-bond acceptors (Lipinski definition) is 2. The number of unbranched alkanes of at least 4 members (excludes halogenated alkanes) is 52. The number of halogens is 1. The summed E-state index contributed by atoms with van der Waals surface area (Å²) in [5, 5.41) is 0. The quantitative estimate of drug-likeness (QED) is 0.0346. The molecule has 0 heterocycles. The highest BCUT2D eigenvalue weighted by Crippen LogP contribution is 2.24. The van der Waals surface area contributed by atoms with Crippen molar-refractivity contribution >= 4 is 11.8 Å². The summed E-state index contributed by atoms with van der Waals surface area (Å²) in [7, 11) is 0. The van der Waals surface area contributed by atoms with Crippen LogP contribution < -0.4 is 12.4 Å². The van der Waals surface area contributed by atoms with Crippen molar-refractivity contribution in [1.82, 2.24) is 0 Å². The van der Waals surface area contributed by atoms with Gasteiger partial charge in [-0.05, 0) is 89.9 Å². The predicted octanol–water partition coefficient (Wildman–Crippen LogP) is 22.5. The lowest BCUT2D eigenvalue weighted by Crippen LogP contribution is -3.00. The standard InChI is InChI=1S/C72H140NO2.ClH/c1-5-9-13-17-21-25-29-33-37-41-45-49-53-57-61-65-69-73(70-66-62-58-54-50-46-42-38-34-30-26-22-18-14-10-6-2,71(74)67-63-59-55-51-47-43-39-35-31-27-23-19-15-11-7-3)72(75)68-64-60-56-52-48-44-40-36-32-28-24-20-16-12-8-4;/h35-36,39-40H,5-34,37-38,41-70H2,1-4H3;1H/q+1;/p-1/b39-35-,40-36-;. The normalized spacial score (nSPS) is 11.9. The number of carbonyl (C=O) groups is 2. The zero-order valence-corrected chi connectivity index (χ0v) is 53.5. The summed E-state index contributed by atoms with van der Waals surface area (Å²) in [5.41, 5.74) is 0. The summed E-state index contributed by atoms with van der Waals surface area (Å²) in [6.45, 7) is 10.7. The van der Waals surface area contributed by atoms with Gasteiger partial charge in [0, 0.05) is 0 Å². The summed E-state index contributed by atoms with van der Waals surface area (Å²) < 4.78 is 0.171. The van der Waals surface area contributed by atoms with Crippen LogP contribution in [0.3, 0.4) is 0 Å². The minimum Gasteiger partial charge on any atom is -1.00 e. The molecule has 0 aromatic rings. The third-order valence-electron chi connectivity index (χ3n) is 17.0. The molecule has 0 fully saturated rings. The molecule has 0 spiro atoms. The van der Waals surface area contributed by atoms with Crippen molar-refractivity contribution in [2.24, 2.45) is 0 Å². The molecule has 0 aromatic carbocycles. The van der Waals surface area contributed by atoms with E-state index in [1.165, 1.54) is 334 Å². The number of amides is 2. The van der Waals surface area contributed by atoms with Gasteiger partial charge in [-0.2, -0.15) is 4.48 Å². The Hall–Kier alpha value is -0.930. The third-order valence-corrected chi connectivity index (χ3v) is 17.0. The molecule has 3 nitrogen and oxygen atoms in total. The van der Waals surface area contributed by atoms with E-state index in [0.29, 0.717) is 12.8 Å². The lowest BCUT2D eigenvalue weighted by atomic mass is 10.0. The fraction of sp³-hybridized carbons (Fsp3) is 0.917. The van der Waals surface area contributed by atoms with E-state index in [1.807, 2.05) is 0 Å². The van der Waals surface area contributed by atoms with Gasteiger partial charge >= 0.3 is 11.8 Å². The number of hydrogen-bond donors (Lipinski definition) is 0. The van der Waals surface area contributed by atoms with Crippen LogP contribution in [0.2, 0.25) is 0 Å². The maximum absolute atomic E-state index is 14.7. The smallest absolute Gasteiger partial charge is 0.321 e. The van der Waals surface area contributed by atoms with Crippen molar-refractivity contribution < 1.29 is 26.5 Å². The molecule has 0 unspecified atom stereocenters. The molecule has 0 aliphatic heterocycles. The van der Waals surface area contributed by atoms with Gasteiger partial charge in [0.25, 0.3) is 0 Å². The first kappa shape index (κ1) is 77.1. The Morgan fingerprint density at radius 3 is 0.579 bits per heavy atom. The first-order valence-corrected chi connectivity index (χ1v) is 35.3. The SMILES string of the molecule is CCCCCCCC/C=C\CCCCCCCC(=O)[N+](CCCCCCCCCCCCCCCCCC)(CCCCCCCCCCCCCCCCCC)C(=O)CCCCCCC/C=C\CCCCCCCC.[Cl-]. The summed E-state index contributed by atoms with van der Waals surface area (Å²) in [4.78, 5) is 29.4. The monoisotopic (exact) mass is 1090 g/mol. The summed E-state index contributed by atoms with van der Waals surface area (Å²) in [6.07, 6.45) is 87.0. The highest BCUT2D eigenvalue weighted by atomic mass is 35.5. The van der Waals surface area contributed by atoms with Crippen LogP contribution >= 0.6 is 0 Å². The molecule has 0 bridgehead atoms. The second-order valence-electron chi connectivity index (χ2n) is 24.5. The average molecular weight is 1090 g/mol. The van der Waals surface area contributed by atoms with Gasteiger partial charge in [0.2, 0.25) is 0 Å². The van der Waals surface area contributed by atoms with E-state index in [0.717, 1.165) is 51.6 Å². The molecule has 0 saturated carbocycles. The Bertz CT molecular complexity index is 1090. The van der Waals surface area contributed by atoms with E-state index < -0.39 is 0 Å². The number of quaternary nitrogens is 1. The van der Waals surface area contributed by atoms with E-state index in [4.69, 9.17) is 0 Å². The second kappa shape index (κ2) is 66.6. The van der Waals surface area contributed by atoms with Gasteiger partial charge in [-0.15, -0.1) is 0 Å². The topological polar surface area (TPSA) is 34.1 Å². The predicted molar refractivity (Wildman–Crippen MR) is 338 cm³/mol. The summed E-state index contributed by atoms with van der Waals surface area (Å²) >= 11 is 0. The van der Waals surface area contributed by atoms with Crippen LogP contribution in [0.1, 0.15) is 413 Å². The van der Waals surface area contributed by atoms with Crippen molar-refractivity contribution in [3.8, 4) is 0 Å².